The first-order chi connectivity index (χ1) is 16.0. The lowest BCUT2D eigenvalue weighted by molar-refractivity contribution is 0.102. The van der Waals surface area contributed by atoms with Crippen LogP contribution in [0.4, 0.5) is 0 Å². The highest BCUT2D eigenvalue weighted by atomic mass is 32.2. The molecule has 0 saturated carbocycles. The predicted octanol–water partition coefficient (Wildman–Crippen LogP) is 5.21. The fraction of sp³-hybridized carbons (Fsp3) is 0.167. The van der Waals surface area contributed by atoms with Gasteiger partial charge in [0.25, 0.3) is 0 Å². The van der Waals surface area contributed by atoms with Crippen molar-refractivity contribution < 1.29 is 13.7 Å². The Balaban J connectivity index is 1.43. The zero-order valence-corrected chi connectivity index (χ0v) is 19.2. The molecular formula is C24H21N5O3S. The summed E-state index contributed by atoms with van der Waals surface area (Å²) >= 11 is 1.34. The van der Waals surface area contributed by atoms with Gasteiger partial charge < -0.3 is 8.94 Å². The third-order valence-electron chi connectivity index (χ3n) is 5.30. The van der Waals surface area contributed by atoms with Crippen LogP contribution in [-0.4, -0.2) is 36.0 Å². The van der Waals surface area contributed by atoms with Gasteiger partial charge >= 0.3 is 0 Å². The van der Waals surface area contributed by atoms with Gasteiger partial charge in [-0.15, -0.1) is 10.2 Å². The van der Waals surface area contributed by atoms with Crippen molar-refractivity contribution in [2.24, 2.45) is 0 Å². The summed E-state index contributed by atoms with van der Waals surface area (Å²) in [5.74, 6) is 2.79. The van der Waals surface area contributed by atoms with Crippen molar-refractivity contribution in [3.05, 3.63) is 83.6 Å². The summed E-state index contributed by atoms with van der Waals surface area (Å²) in [5.41, 5.74) is 3.29. The summed E-state index contributed by atoms with van der Waals surface area (Å²) in [5, 5.41) is 13.4. The van der Waals surface area contributed by atoms with Crippen molar-refractivity contribution >= 4 is 17.5 Å². The summed E-state index contributed by atoms with van der Waals surface area (Å²) in [7, 11) is 0. The van der Waals surface area contributed by atoms with Gasteiger partial charge in [0.1, 0.15) is 5.76 Å². The molecule has 5 aromatic rings. The maximum Gasteiger partial charge on any atom is 0.205 e. The molecule has 0 N–H and O–H groups in total. The SMILES string of the molecule is Cc1cc(-n2c(C)cc(C(=O)CSc3nnc(-c4ccco4)n3-c3ccccc3)c2C)no1. The van der Waals surface area contributed by atoms with E-state index in [1.54, 1.807) is 6.26 Å². The number of aryl methyl sites for hydroxylation is 2. The van der Waals surface area contributed by atoms with Crippen molar-refractivity contribution in [2.75, 3.05) is 5.75 Å². The lowest BCUT2D eigenvalue weighted by Crippen LogP contribution is -2.07. The van der Waals surface area contributed by atoms with Gasteiger partial charge in [0.15, 0.2) is 22.5 Å². The first kappa shape index (κ1) is 21.0. The second kappa shape index (κ2) is 8.59. The Labute approximate surface area is 194 Å². The molecule has 9 heteroatoms. The van der Waals surface area contributed by atoms with E-state index in [1.165, 1.54) is 11.8 Å². The minimum atomic E-state index is 0.00160. The van der Waals surface area contributed by atoms with Gasteiger partial charge in [-0.1, -0.05) is 35.1 Å². The van der Waals surface area contributed by atoms with E-state index in [2.05, 4.69) is 15.4 Å². The van der Waals surface area contributed by atoms with Crippen molar-refractivity contribution in [1.29, 1.82) is 0 Å². The average Bonchev–Trinajstić information content (AvgIpc) is 3.60. The molecule has 166 valence electrons. The molecule has 8 nitrogen and oxygen atoms in total. The molecule has 0 radical (unpaired) electrons. The minimum absolute atomic E-state index is 0.00160. The number of para-hydroxylation sites is 1. The van der Waals surface area contributed by atoms with Gasteiger partial charge in [0.05, 0.1) is 12.0 Å². The van der Waals surface area contributed by atoms with E-state index in [4.69, 9.17) is 8.94 Å². The number of carbonyl (C=O) groups excluding carboxylic acids is 1. The van der Waals surface area contributed by atoms with Gasteiger partial charge in [-0.2, -0.15) is 0 Å². The predicted molar refractivity (Wildman–Crippen MR) is 124 cm³/mol. The number of furan rings is 1. The standard InChI is InChI=1S/C24H21N5O3S/c1-15-12-19(17(3)28(15)22-13-16(2)32-27-22)20(30)14-33-24-26-25-23(21-10-7-11-31-21)29(24)18-8-5-4-6-9-18/h4-13H,14H2,1-3H3. The highest BCUT2D eigenvalue weighted by Gasteiger charge is 2.22. The molecule has 1 aromatic carbocycles. The van der Waals surface area contributed by atoms with Crippen LogP contribution in [0.3, 0.4) is 0 Å². The molecule has 0 aliphatic carbocycles. The van der Waals surface area contributed by atoms with Crippen LogP contribution >= 0.6 is 11.8 Å². The van der Waals surface area contributed by atoms with Gasteiger partial charge in [0.2, 0.25) is 5.82 Å². The van der Waals surface area contributed by atoms with Crippen LogP contribution < -0.4 is 0 Å². The first-order valence-corrected chi connectivity index (χ1v) is 11.3. The maximum absolute atomic E-state index is 13.2. The van der Waals surface area contributed by atoms with E-state index < -0.39 is 0 Å². The molecule has 33 heavy (non-hydrogen) atoms. The Kier molecular flexibility index (Phi) is 5.47. The lowest BCUT2D eigenvalue weighted by Gasteiger charge is -2.09. The highest BCUT2D eigenvalue weighted by molar-refractivity contribution is 7.99. The van der Waals surface area contributed by atoms with Crippen LogP contribution in [0, 0.1) is 20.8 Å². The smallest absolute Gasteiger partial charge is 0.205 e. The number of hydrogen-bond donors (Lipinski definition) is 0. The Hall–Kier alpha value is -3.85. The topological polar surface area (TPSA) is 91.9 Å². The molecule has 0 fully saturated rings. The molecule has 0 aliphatic heterocycles. The number of rotatable bonds is 7. The largest absolute Gasteiger partial charge is 0.461 e. The van der Waals surface area contributed by atoms with E-state index >= 15 is 0 Å². The third-order valence-corrected chi connectivity index (χ3v) is 6.23. The summed E-state index contributed by atoms with van der Waals surface area (Å²) < 4.78 is 14.6. The number of thioether (sulfide) groups is 1. The average molecular weight is 460 g/mol. The third kappa shape index (κ3) is 3.91. The number of Topliss-reactive ketones (excluding diaryl/α,β-unsaturated/α-hetero) is 1. The zero-order valence-electron chi connectivity index (χ0n) is 18.3. The first-order valence-electron chi connectivity index (χ1n) is 10.4. The molecule has 0 amide bonds. The second-order valence-corrected chi connectivity index (χ2v) is 8.52. The summed E-state index contributed by atoms with van der Waals surface area (Å²) in [4.78, 5) is 13.2. The van der Waals surface area contributed by atoms with Gasteiger partial charge in [-0.05, 0) is 51.1 Å². The van der Waals surface area contributed by atoms with Crippen molar-refractivity contribution in [2.45, 2.75) is 25.9 Å². The van der Waals surface area contributed by atoms with Crippen LogP contribution in [0.2, 0.25) is 0 Å². The van der Waals surface area contributed by atoms with Crippen LogP contribution in [0.5, 0.6) is 0 Å². The van der Waals surface area contributed by atoms with E-state index in [1.807, 2.05) is 84.5 Å². The molecule has 0 aliphatic rings. The maximum atomic E-state index is 13.2. The minimum Gasteiger partial charge on any atom is -0.461 e. The van der Waals surface area contributed by atoms with E-state index in [-0.39, 0.29) is 11.5 Å². The lowest BCUT2D eigenvalue weighted by atomic mass is 10.2. The molecule has 0 spiro atoms. The molecule has 4 heterocycles. The summed E-state index contributed by atoms with van der Waals surface area (Å²) in [6.45, 7) is 5.70. The number of aromatic nitrogens is 5. The van der Waals surface area contributed by atoms with Crippen LogP contribution in [0.15, 0.2) is 75.0 Å². The molecule has 0 atom stereocenters. The van der Waals surface area contributed by atoms with Crippen LogP contribution in [0.25, 0.3) is 23.1 Å². The normalized spacial score (nSPS) is 11.2. The number of hydrogen-bond acceptors (Lipinski definition) is 7. The van der Waals surface area contributed by atoms with Crippen molar-refractivity contribution in [3.8, 4) is 23.1 Å². The molecule has 4 aromatic heterocycles. The highest BCUT2D eigenvalue weighted by Crippen LogP contribution is 2.29. The summed E-state index contributed by atoms with van der Waals surface area (Å²) in [6.07, 6.45) is 1.60. The Morgan fingerprint density at radius 3 is 2.52 bits per heavy atom. The van der Waals surface area contributed by atoms with Crippen molar-refractivity contribution in [3.63, 3.8) is 0 Å². The van der Waals surface area contributed by atoms with Crippen molar-refractivity contribution in [1.82, 2.24) is 24.5 Å². The van der Waals surface area contributed by atoms with Crippen LogP contribution in [-0.2, 0) is 0 Å². The molecule has 5 rings (SSSR count). The molecule has 0 unspecified atom stereocenters. The monoisotopic (exact) mass is 459 g/mol. The Bertz CT molecular complexity index is 1410. The van der Waals surface area contributed by atoms with E-state index in [0.717, 1.165) is 17.1 Å². The number of carbonyl (C=O) groups is 1. The van der Waals surface area contributed by atoms with Gasteiger partial charge in [0, 0.05) is 28.7 Å². The zero-order chi connectivity index (χ0) is 22.9. The summed E-state index contributed by atoms with van der Waals surface area (Å²) in [6, 6.07) is 17.2. The number of benzene rings is 1. The van der Waals surface area contributed by atoms with Crippen LogP contribution in [0.1, 0.15) is 27.5 Å². The fourth-order valence-electron chi connectivity index (χ4n) is 3.80. The second-order valence-electron chi connectivity index (χ2n) is 7.58. The van der Waals surface area contributed by atoms with Gasteiger partial charge in [-0.3, -0.25) is 13.9 Å². The van der Waals surface area contributed by atoms with Gasteiger partial charge in [-0.25, -0.2) is 0 Å². The van der Waals surface area contributed by atoms with E-state index in [0.29, 0.717) is 33.9 Å². The quantitative estimate of drug-likeness (QED) is 0.244. The molecular weight excluding hydrogens is 438 g/mol. The van der Waals surface area contributed by atoms with E-state index in [9.17, 15) is 4.79 Å². The molecule has 0 saturated heterocycles. The number of ketones is 1. The Morgan fingerprint density at radius 2 is 1.82 bits per heavy atom. The molecule has 0 bridgehead atoms. The fourth-order valence-corrected chi connectivity index (χ4v) is 4.64. The number of nitrogens with zero attached hydrogens (tertiary/aromatic N) is 5. The Morgan fingerprint density at radius 1 is 1.00 bits per heavy atom.